The lowest BCUT2D eigenvalue weighted by molar-refractivity contribution is 0.0951. The lowest BCUT2D eigenvalue weighted by Crippen LogP contribution is -2.17. The molecule has 0 aliphatic carbocycles. The molecule has 1 heterocycles. The number of ether oxygens (including phenoxy) is 1. The molecule has 5 nitrogen and oxygen atoms in total. The van der Waals surface area contributed by atoms with Crippen LogP contribution in [0.1, 0.15) is 16.1 Å². The van der Waals surface area contributed by atoms with Crippen molar-refractivity contribution in [2.24, 2.45) is 5.10 Å². The van der Waals surface area contributed by atoms with E-state index >= 15 is 0 Å². The summed E-state index contributed by atoms with van der Waals surface area (Å²) in [5.74, 6) is 0.390. The molecule has 0 aliphatic heterocycles. The van der Waals surface area contributed by atoms with E-state index < -0.39 is 0 Å². The molecule has 0 atom stereocenters. The normalized spacial score (nSPS) is 10.4. The third-order valence-corrected chi connectivity index (χ3v) is 2.49. The number of carbonyl (C=O) groups is 1. The van der Waals surface area contributed by atoms with E-state index in [1.807, 2.05) is 24.3 Å². The van der Waals surface area contributed by atoms with Gasteiger partial charge in [-0.05, 0) is 24.3 Å². The molecular weight excluding hydrogens is 254 g/mol. The summed E-state index contributed by atoms with van der Waals surface area (Å²) >= 11 is 0. The Balaban J connectivity index is 2.00. The molecule has 1 amide bonds. The summed E-state index contributed by atoms with van der Waals surface area (Å²) in [6.45, 7) is 4.02. The zero-order valence-electron chi connectivity index (χ0n) is 10.9. The SMILES string of the molecule is C=CCOc1ccccc1/C=N\NC(=O)c1ccc[nH]1. The first kappa shape index (κ1) is 13.6. The first-order valence-corrected chi connectivity index (χ1v) is 6.11. The van der Waals surface area contributed by atoms with Gasteiger partial charge in [-0.1, -0.05) is 24.8 Å². The highest BCUT2D eigenvalue weighted by atomic mass is 16.5. The van der Waals surface area contributed by atoms with Gasteiger partial charge in [0.1, 0.15) is 18.1 Å². The van der Waals surface area contributed by atoms with Crippen LogP contribution in [0.2, 0.25) is 0 Å². The molecule has 20 heavy (non-hydrogen) atoms. The third kappa shape index (κ3) is 3.58. The number of aromatic amines is 1. The molecule has 0 saturated heterocycles. The number of nitrogens with one attached hydrogen (secondary N) is 2. The van der Waals surface area contributed by atoms with Crippen molar-refractivity contribution in [3.05, 3.63) is 66.5 Å². The van der Waals surface area contributed by atoms with Crippen LogP contribution >= 0.6 is 0 Å². The van der Waals surface area contributed by atoms with Crippen LogP contribution in [0.3, 0.4) is 0 Å². The fourth-order valence-corrected chi connectivity index (χ4v) is 1.56. The smallest absolute Gasteiger partial charge is 0.287 e. The zero-order valence-corrected chi connectivity index (χ0v) is 10.9. The Bertz CT molecular complexity index is 603. The number of rotatable bonds is 6. The molecule has 2 N–H and O–H groups in total. The minimum atomic E-state index is -0.296. The number of hydrazone groups is 1. The second-order valence-electron chi connectivity index (χ2n) is 3.92. The summed E-state index contributed by atoms with van der Waals surface area (Å²) in [7, 11) is 0. The number of nitrogens with zero attached hydrogens (tertiary/aromatic N) is 1. The largest absolute Gasteiger partial charge is 0.489 e. The predicted molar refractivity (Wildman–Crippen MR) is 78.0 cm³/mol. The quantitative estimate of drug-likeness (QED) is 0.480. The standard InChI is InChI=1S/C15H15N3O2/c1-2-10-20-14-8-4-3-6-12(14)11-17-18-15(19)13-7-5-9-16-13/h2-9,11,16H,1,10H2,(H,18,19)/b17-11-. The topological polar surface area (TPSA) is 66.5 Å². The van der Waals surface area contributed by atoms with Gasteiger partial charge in [-0.25, -0.2) is 5.43 Å². The van der Waals surface area contributed by atoms with Crippen molar-refractivity contribution in [3.8, 4) is 5.75 Å². The highest BCUT2D eigenvalue weighted by Crippen LogP contribution is 2.15. The number of amides is 1. The molecule has 1 aromatic heterocycles. The summed E-state index contributed by atoms with van der Waals surface area (Å²) in [5.41, 5.74) is 3.68. The van der Waals surface area contributed by atoms with E-state index in [1.165, 1.54) is 0 Å². The second-order valence-corrected chi connectivity index (χ2v) is 3.92. The Morgan fingerprint density at radius 3 is 2.95 bits per heavy atom. The average Bonchev–Trinajstić information content (AvgIpc) is 3.00. The van der Waals surface area contributed by atoms with Gasteiger partial charge in [-0.2, -0.15) is 5.10 Å². The zero-order chi connectivity index (χ0) is 14.2. The second kappa shape index (κ2) is 6.94. The average molecular weight is 269 g/mol. The van der Waals surface area contributed by atoms with E-state index in [9.17, 15) is 4.79 Å². The predicted octanol–water partition coefficient (Wildman–Crippen LogP) is 2.34. The van der Waals surface area contributed by atoms with Crippen molar-refractivity contribution in [3.63, 3.8) is 0 Å². The van der Waals surface area contributed by atoms with Crippen molar-refractivity contribution in [1.82, 2.24) is 10.4 Å². The van der Waals surface area contributed by atoms with Gasteiger partial charge in [0.2, 0.25) is 0 Å². The number of benzene rings is 1. The molecule has 0 unspecified atom stereocenters. The van der Waals surface area contributed by atoms with Gasteiger partial charge in [0.25, 0.3) is 5.91 Å². The van der Waals surface area contributed by atoms with Gasteiger partial charge < -0.3 is 9.72 Å². The number of hydrogen-bond acceptors (Lipinski definition) is 3. The molecule has 0 bridgehead atoms. The van der Waals surface area contributed by atoms with Gasteiger partial charge in [0, 0.05) is 11.8 Å². The molecule has 5 heteroatoms. The minimum Gasteiger partial charge on any atom is -0.489 e. The molecule has 0 radical (unpaired) electrons. The van der Waals surface area contributed by atoms with Gasteiger partial charge in [0.15, 0.2) is 0 Å². The van der Waals surface area contributed by atoms with Crippen LogP contribution in [0.15, 0.2) is 60.4 Å². The van der Waals surface area contributed by atoms with Gasteiger partial charge >= 0.3 is 0 Å². The minimum absolute atomic E-state index is 0.296. The highest BCUT2D eigenvalue weighted by molar-refractivity contribution is 5.93. The van der Waals surface area contributed by atoms with E-state index in [4.69, 9.17) is 4.74 Å². The van der Waals surface area contributed by atoms with Crippen LogP contribution in [0, 0.1) is 0 Å². The number of aromatic nitrogens is 1. The van der Waals surface area contributed by atoms with Crippen LogP contribution in [0.5, 0.6) is 5.75 Å². The Kier molecular flexibility index (Phi) is 4.72. The van der Waals surface area contributed by atoms with Crippen molar-refractivity contribution >= 4 is 12.1 Å². The summed E-state index contributed by atoms with van der Waals surface area (Å²) in [6, 6.07) is 10.8. The Morgan fingerprint density at radius 1 is 1.35 bits per heavy atom. The van der Waals surface area contributed by atoms with Gasteiger partial charge in [0.05, 0.1) is 6.21 Å². The fraction of sp³-hybridized carbons (Fsp3) is 0.0667. The molecule has 0 saturated carbocycles. The number of hydrogen-bond donors (Lipinski definition) is 2. The van der Waals surface area contributed by atoms with Gasteiger partial charge in [-0.15, -0.1) is 0 Å². The maximum Gasteiger partial charge on any atom is 0.287 e. The summed E-state index contributed by atoms with van der Waals surface area (Å²) in [4.78, 5) is 14.5. The van der Waals surface area contributed by atoms with Crippen molar-refractivity contribution in [2.75, 3.05) is 6.61 Å². The Morgan fingerprint density at radius 2 is 2.20 bits per heavy atom. The summed E-state index contributed by atoms with van der Waals surface area (Å²) in [6.07, 6.45) is 4.89. The van der Waals surface area contributed by atoms with E-state index in [2.05, 4.69) is 22.1 Å². The van der Waals surface area contributed by atoms with E-state index in [-0.39, 0.29) is 5.91 Å². The lowest BCUT2D eigenvalue weighted by atomic mass is 10.2. The first-order valence-electron chi connectivity index (χ1n) is 6.11. The fourth-order valence-electron chi connectivity index (χ4n) is 1.56. The maximum absolute atomic E-state index is 11.7. The van der Waals surface area contributed by atoms with Crippen molar-refractivity contribution in [1.29, 1.82) is 0 Å². The molecule has 0 fully saturated rings. The highest BCUT2D eigenvalue weighted by Gasteiger charge is 2.03. The van der Waals surface area contributed by atoms with Crippen LogP contribution < -0.4 is 10.2 Å². The molecule has 2 aromatic rings. The number of carbonyl (C=O) groups excluding carboxylic acids is 1. The Labute approximate surface area is 117 Å². The number of H-pyrrole nitrogens is 1. The van der Waals surface area contributed by atoms with E-state index in [0.717, 1.165) is 5.56 Å². The molecular formula is C15H15N3O2. The monoisotopic (exact) mass is 269 g/mol. The van der Waals surface area contributed by atoms with Crippen LogP contribution in [0.4, 0.5) is 0 Å². The first-order chi connectivity index (χ1) is 9.81. The summed E-state index contributed by atoms with van der Waals surface area (Å²) in [5, 5.41) is 3.92. The van der Waals surface area contributed by atoms with Crippen LogP contribution in [0.25, 0.3) is 0 Å². The van der Waals surface area contributed by atoms with Crippen molar-refractivity contribution in [2.45, 2.75) is 0 Å². The molecule has 1 aromatic carbocycles. The number of para-hydroxylation sites is 1. The lowest BCUT2D eigenvalue weighted by Gasteiger charge is -2.06. The van der Waals surface area contributed by atoms with Crippen LogP contribution in [-0.2, 0) is 0 Å². The molecule has 0 spiro atoms. The maximum atomic E-state index is 11.7. The molecule has 0 aliphatic rings. The van der Waals surface area contributed by atoms with Crippen LogP contribution in [-0.4, -0.2) is 23.7 Å². The molecule has 2 rings (SSSR count). The van der Waals surface area contributed by atoms with Crippen molar-refractivity contribution < 1.29 is 9.53 Å². The molecule has 102 valence electrons. The van der Waals surface area contributed by atoms with E-state index in [1.54, 1.807) is 30.6 Å². The Hall–Kier alpha value is -2.82. The summed E-state index contributed by atoms with van der Waals surface area (Å²) < 4.78 is 5.49. The third-order valence-electron chi connectivity index (χ3n) is 2.49. The van der Waals surface area contributed by atoms with E-state index in [0.29, 0.717) is 18.1 Å². The van der Waals surface area contributed by atoms with Gasteiger partial charge in [-0.3, -0.25) is 4.79 Å².